The first-order valence-corrected chi connectivity index (χ1v) is 8.76. The fraction of sp³-hybridized carbons (Fsp3) is 0.350. The topological polar surface area (TPSA) is 129 Å². The summed E-state index contributed by atoms with van der Waals surface area (Å²) in [5.41, 5.74) is 8.47. The Morgan fingerprint density at radius 2 is 1.96 bits per heavy atom. The number of H-pyrrole nitrogens is 1. The number of rotatable bonds is 10. The number of aryl methyl sites for hydroxylation is 1. The van der Waals surface area contributed by atoms with Crippen molar-refractivity contribution in [1.82, 2.24) is 4.98 Å². The van der Waals surface area contributed by atoms with Crippen LogP contribution in [0.3, 0.4) is 0 Å². The number of aliphatic carboxylic acids is 2. The lowest BCUT2D eigenvalue weighted by atomic mass is 9.95. The average Bonchev–Trinajstić information content (AvgIpc) is 3.03. The number of aliphatic imine (C=N–C) groups is 1. The number of carbonyl (C=O) groups is 2. The predicted molar refractivity (Wildman–Crippen MR) is 103 cm³/mol. The van der Waals surface area contributed by atoms with E-state index in [1.165, 1.54) is 0 Å². The van der Waals surface area contributed by atoms with Gasteiger partial charge < -0.3 is 20.9 Å². The molecule has 0 amide bonds. The van der Waals surface area contributed by atoms with Gasteiger partial charge in [0.25, 0.3) is 0 Å². The van der Waals surface area contributed by atoms with Crippen molar-refractivity contribution in [2.45, 2.75) is 45.0 Å². The normalized spacial score (nSPS) is 14.4. The van der Waals surface area contributed by atoms with E-state index in [-0.39, 0.29) is 25.2 Å². The standard InChI is InChI=1S/C20H25N3O4/c1-2-15(13-6-4-3-5-7-13)20(21)23-12-17-16(10-19(26)27)14(11-22-17)8-9-18(24)25/h3-7,11,15,22H,2,8-10,12H2,1H3,(H2,21,23)(H,24,25)(H,26,27)/t15-/m1/s1/i12D/t12-,15-. The maximum absolute atomic E-state index is 11.2. The number of aromatic amines is 1. The van der Waals surface area contributed by atoms with Crippen molar-refractivity contribution >= 4 is 17.8 Å². The van der Waals surface area contributed by atoms with Crippen molar-refractivity contribution in [2.24, 2.45) is 10.7 Å². The number of amidine groups is 1. The van der Waals surface area contributed by atoms with Crippen LogP contribution in [0.2, 0.25) is 0 Å². The molecule has 2 aromatic rings. The minimum atomic E-state index is -1.12. The Morgan fingerprint density at radius 1 is 1.26 bits per heavy atom. The smallest absolute Gasteiger partial charge is 0.307 e. The second-order valence-corrected chi connectivity index (χ2v) is 6.22. The molecule has 0 fully saturated rings. The molecule has 0 saturated heterocycles. The highest BCUT2D eigenvalue weighted by molar-refractivity contribution is 5.87. The van der Waals surface area contributed by atoms with Gasteiger partial charge in [0, 0.05) is 24.2 Å². The van der Waals surface area contributed by atoms with Crippen molar-refractivity contribution < 1.29 is 21.2 Å². The van der Waals surface area contributed by atoms with Crippen LogP contribution in [0.15, 0.2) is 41.5 Å². The van der Waals surface area contributed by atoms with Gasteiger partial charge in [-0.1, -0.05) is 37.3 Å². The van der Waals surface area contributed by atoms with Gasteiger partial charge in [0.15, 0.2) is 0 Å². The van der Waals surface area contributed by atoms with E-state index in [1.807, 2.05) is 37.3 Å². The van der Waals surface area contributed by atoms with Crippen molar-refractivity contribution in [3.8, 4) is 0 Å². The molecule has 0 saturated carbocycles. The summed E-state index contributed by atoms with van der Waals surface area (Å²) < 4.78 is 8.38. The number of carboxylic acid groups (broad SMARTS) is 2. The number of aromatic nitrogens is 1. The Labute approximate surface area is 159 Å². The molecular weight excluding hydrogens is 346 g/mol. The van der Waals surface area contributed by atoms with Gasteiger partial charge >= 0.3 is 11.9 Å². The molecule has 27 heavy (non-hydrogen) atoms. The third-order valence-electron chi connectivity index (χ3n) is 4.36. The SMILES string of the molecule is [2H][C@@H](N=C(N)[C@H](CC)c1ccccc1)c1[nH]cc(CCC(=O)O)c1CC(=O)O. The number of carboxylic acids is 2. The summed E-state index contributed by atoms with van der Waals surface area (Å²) >= 11 is 0. The Kier molecular flexibility index (Phi) is 6.62. The van der Waals surface area contributed by atoms with Crippen molar-refractivity contribution in [2.75, 3.05) is 0 Å². The lowest BCUT2D eigenvalue weighted by Gasteiger charge is -2.15. The van der Waals surface area contributed by atoms with Crippen molar-refractivity contribution in [3.05, 3.63) is 58.9 Å². The lowest BCUT2D eigenvalue weighted by molar-refractivity contribution is -0.137. The molecule has 1 heterocycles. The highest BCUT2D eigenvalue weighted by atomic mass is 16.4. The number of hydrogen-bond donors (Lipinski definition) is 4. The number of nitrogens with zero attached hydrogens (tertiary/aromatic N) is 1. The minimum Gasteiger partial charge on any atom is -0.481 e. The van der Waals surface area contributed by atoms with E-state index < -0.39 is 18.5 Å². The summed E-state index contributed by atoms with van der Waals surface area (Å²) in [6, 6.07) is 9.63. The van der Waals surface area contributed by atoms with Crippen LogP contribution in [-0.2, 0) is 29.0 Å². The van der Waals surface area contributed by atoms with Gasteiger partial charge in [0.1, 0.15) is 5.84 Å². The second kappa shape index (κ2) is 9.56. The fourth-order valence-corrected chi connectivity index (χ4v) is 2.98. The Balaban J connectivity index is 2.31. The molecule has 2 rings (SSSR count). The van der Waals surface area contributed by atoms with Crippen LogP contribution < -0.4 is 5.73 Å². The molecule has 2 atom stereocenters. The predicted octanol–water partition coefficient (Wildman–Crippen LogP) is 2.71. The van der Waals surface area contributed by atoms with Crippen LogP contribution in [0.5, 0.6) is 0 Å². The number of nitrogens with one attached hydrogen (secondary N) is 1. The van der Waals surface area contributed by atoms with Gasteiger partial charge in [-0.05, 0) is 29.5 Å². The molecule has 0 radical (unpaired) electrons. The number of nitrogens with two attached hydrogens (primary N) is 1. The van der Waals surface area contributed by atoms with Crippen molar-refractivity contribution in [1.29, 1.82) is 0 Å². The van der Waals surface area contributed by atoms with E-state index >= 15 is 0 Å². The fourth-order valence-electron chi connectivity index (χ4n) is 2.98. The summed E-state index contributed by atoms with van der Waals surface area (Å²) in [6.07, 6.45) is 2.02. The van der Waals surface area contributed by atoms with Gasteiger partial charge in [0.05, 0.1) is 14.3 Å². The largest absolute Gasteiger partial charge is 0.481 e. The highest BCUT2D eigenvalue weighted by Crippen LogP contribution is 2.21. The summed E-state index contributed by atoms with van der Waals surface area (Å²) in [6.45, 7) is 0.860. The van der Waals surface area contributed by atoms with Crippen LogP contribution in [0.25, 0.3) is 0 Å². The van der Waals surface area contributed by atoms with Gasteiger partial charge in [0.2, 0.25) is 0 Å². The first-order chi connectivity index (χ1) is 13.3. The Hall–Kier alpha value is -3.09. The molecule has 7 heteroatoms. The maximum Gasteiger partial charge on any atom is 0.307 e. The zero-order valence-corrected chi connectivity index (χ0v) is 15.2. The van der Waals surface area contributed by atoms with E-state index in [0.29, 0.717) is 29.1 Å². The van der Waals surface area contributed by atoms with Gasteiger partial charge in [-0.15, -0.1) is 0 Å². The monoisotopic (exact) mass is 372 g/mol. The Bertz CT molecular complexity index is 848. The highest BCUT2D eigenvalue weighted by Gasteiger charge is 2.17. The minimum absolute atomic E-state index is 0.121. The molecule has 7 nitrogen and oxygen atoms in total. The lowest BCUT2D eigenvalue weighted by Crippen LogP contribution is -2.22. The molecule has 144 valence electrons. The third-order valence-corrected chi connectivity index (χ3v) is 4.36. The van der Waals surface area contributed by atoms with Crippen LogP contribution >= 0.6 is 0 Å². The van der Waals surface area contributed by atoms with E-state index in [2.05, 4.69) is 9.98 Å². The van der Waals surface area contributed by atoms with Crippen LogP contribution in [0.4, 0.5) is 0 Å². The van der Waals surface area contributed by atoms with Crippen LogP contribution in [0.1, 0.15) is 49.4 Å². The molecule has 0 aliphatic carbocycles. The summed E-state index contributed by atoms with van der Waals surface area (Å²) in [7, 11) is 0. The zero-order chi connectivity index (χ0) is 20.7. The molecule has 0 spiro atoms. The van der Waals surface area contributed by atoms with Crippen LogP contribution in [-0.4, -0.2) is 33.0 Å². The molecule has 1 aromatic heterocycles. The number of benzene rings is 1. The summed E-state index contributed by atoms with van der Waals surface area (Å²) in [5, 5.41) is 18.1. The quantitative estimate of drug-likeness (QED) is 0.376. The van der Waals surface area contributed by atoms with E-state index in [4.69, 9.17) is 12.2 Å². The van der Waals surface area contributed by atoms with E-state index in [1.54, 1.807) is 6.20 Å². The molecule has 0 aliphatic heterocycles. The summed E-state index contributed by atoms with van der Waals surface area (Å²) in [4.78, 5) is 29.3. The molecular formula is C20H25N3O4. The molecule has 0 unspecified atom stereocenters. The van der Waals surface area contributed by atoms with E-state index in [9.17, 15) is 14.7 Å². The molecule has 1 aromatic carbocycles. The Morgan fingerprint density at radius 3 is 2.56 bits per heavy atom. The van der Waals surface area contributed by atoms with Gasteiger partial charge in [-0.2, -0.15) is 0 Å². The number of hydrogen-bond acceptors (Lipinski definition) is 3. The molecule has 5 N–H and O–H groups in total. The second-order valence-electron chi connectivity index (χ2n) is 6.22. The summed E-state index contributed by atoms with van der Waals surface area (Å²) in [5.74, 6) is -1.87. The van der Waals surface area contributed by atoms with Crippen LogP contribution in [0, 0.1) is 0 Å². The van der Waals surface area contributed by atoms with Gasteiger partial charge in [-0.25, -0.2) is 0 Å². The third kappa shape index (κ3) is 5.70. The first kappa shape index (κ1) is 18.7. The average molecular weight is 372 g/mol. The first-order valence-electron chi connectivity index (χ1n) is 9.34. The van der Waals surface area contributed by atoms with E-state index in [0.717, 1.165) is 5.56 Å². The maximum atomic E-state index is 11.2. The van der Waals surface area contributed by atoms with Gasteiger partial charge in [-0.3, -0.25) is 14.6 Å². The molecule has 0 aliphatic rings. The zero-order valence-electron chi connectivity index (χ0n) is 16.2. The molecule has 0 bridgehead atoms. The van der Waals surface area contributed by atoms with Crippen molar-refractivity contribution in [3.63, 3.8) is 0 Å².